The molecule has 0 atom stereocenters. The van der Waals surface area contributed by atoms with Crippen molar-refractivity contribution in [2.24, 2.45) is 5.73 Å². The Morgan fingerprint density at radius 2 is 2.05 bits per heavy atom. The third kappa shape index (κ3) is 3.54. The predicted octanol–water partition coefficient (Wildman–Crippen LogP) is 0.886. The molecule has 1 fully saturated rings. The van der Waals surface area contributed by atoms with Crippen LogP contribution >= 0.6 is 12.2 Å². The maximum Gasteiger partial charge on any atom is 0.289 e. The van der Waals surface area contributed by atoms with E-state index in [0.29, 0.717) is 30.4 Å². The molecule has 0 bridgehead atoms. The summed E-state index contributed by atoms with van der Waals surface area (Å²) in [6.45, 7) is 5.59. The minimum absolute atomic E-state index is 0.0327. The van der Waals surface area contributed by atoms with E-state index in [4.69, 9.17) is 22.4 Å². The van der Waals surface area contributed by atoms with E-state index in [1.165, 1.54) is 0 Å². The first-order valence-electron chi connectivity index (χ1n) is 6.48. The predicted molar refractivity (Wildman–Crippen MR) is 77.2 cm³/mol. The summed E-state index contributed by atoms with van der Waals surface area (Å²) in [5.41, 5.74) is 5.52. The Morgan fingerprint density at radius 3 is 2.58 bits per heavy atom. The van der Waals surface area contributed by atoms with Crippen LogP contribution in [0.25, 0.3) is 0 Å². The van der Waals surface area contributed by atoms with Crippen molar-refractivity contribution >= 4 is 23.1 Å². The third-order valence-corrected chi connectivity index (χ3v) is 3.39. The number of hydrogen-bond donors (Lipinski definition) is 1. The highest BCUT2D eigenvalue weighted by Gasteiger charge is 2.24. The molecular formula is C13H19N3O2S. The zero-order chi connectivity index (χ0) is 13.8. The Balaban J connectivity index is 1.90. The maximum atomic E-state index is 12.2. The number of thiocarbonyl (C=S) groups is 1. The molecule has 1 saturated heterocycles. The Kier molecular flexibility index (Phi) is 4.55. The number of nitrogens with two attached hydrogens (primary N) is 1. The summed E-state index contributed by atoms with van der Waals surface area (Å²) in [7, 11) is 0. The van der Waals surface area contributed by atoms with Gasteiger partial charge in [0.15, 0.2) is 5.76 Å². The molecule has 1 aromatic heterocycles. The van der Waals surface area contributed by atoms with Crippen LogP contribution in [0.3, 0.4) is 0 Å². The lowest BCUT2D eigenvalue weighted by molar-refractivity contribution is 0.0621. The van der Waals surface area contributed by atoms with Gasteiger partial charge in [0.05, 0.1) is 4.99 Å². The largest absolute Gasteiger partial charge is 0.456 e. The molecular weight excluding hydrogens is 262 g/mol. The summed E-state index contributed by atoms with van der Waals surface area (Å²) in [4.78, 5) is 16.7. The summed E-state index contributed by atoms with van der Waals surface area (Å²) in [6, 6.07) is 3.61. The van der Waals surface area contributed by atoms with Crippen LogP contribution in [0.15, 0.2) is 16.5 Å². The van der Waals surface area contributed by atoms with Gasteiger partial charge in [-0.2, -0.15) is 0 Å². The fourth-order valence-electron chi connectivity index (χ4n) is 2.17. The van der Waals surface area contributed by atoms with E-state index >= 15 is 0 Å². The van der Waals surface area contributed by atoms with Crippen LogP contribution in [0, 0.1) is 0 Å². The van der Waals surface area contributed by atoms with E-state index in [9.17, 15) is 4.79 Å². The van der Waals surface area contributed by atoms with Gasteiger partial charge in [0.1, 0.15) is 5.76 Å². The van der Waals surface area contributed by atoms with Crippen molar-refractivity contribution in [1.29, 1.82) is 0 Å². The van der Waals surface area contributed by atoms with Gasteiger partial charge < -0.3 is 15.1 Å². The maximum absolute atomic E-state index is 12.2. The average molecular weight is 281 g/mol. The molecule has 1 aliphatic heterocycles. The number of hydrogen-bond acceptors (Lipinski definition) is 4. The zero-order valence-corrected chi connectivity index (χ0v) is 11.9. The van der Waals surface area contributed by atoms with Crippen LogP contribution in [0.1, 0.15) is 23.2 Å². The van der Waals surface area contributed by atoms with Crippen molar-refractivity contribution in [3.05, 3.63) is 23.7 Å². The molecule has 0 radical (unpaired) electrons. The molecule has 2 heterocycles. The fourth-order valence-corrected chi connectivity index (χ4v) is 2.35. The van der Waals surface area contributed by atoms with Gasteiger partial charge in [-0.25, -0.2) is 0 Å². The van der Waals surface area contributed by atoms with Crippen LogP contribution in [0.4, 0.5) is 0 Å². The van der Waals surface area contributed by atoms with Crippen LogP contribution < -0.4 is 5.73 Å². The first-order valence-corrected chi connectivity index (χ1v) is 6.89. The number of carbonyl (C=O) groups is 1. The molecule has 2 N–H and O–H groups in total. The number of rotatable bonds is 4. The van der Waals surface area contributed by atoms with E-state index in [1.54, 1.807) is 6.07 Å². The van der Waals surface area contributed by atoms with Crippen LogP contribution in [-0.4, -0.2) is 53.4 Å². The van der Waals surface area contributed by atoms with Gasteiger partial charge in [-0.15, -0.1) is 0 Å². The molecule has 1 amide bonds. The summed E-state index contributed by atoms with van der Waals surface area (Å²) >= 11 is 4.89. The standard InChI is InChI=1S/C13H19N3O2S/c1-2-10-3-4-11(18-10)13(17)16-7-5-15(6-8-16)9-12(14)19/h3-4H,2,5-9H2,1H3,(H2,14,19). The summed E-state index contributed by atoms with van der Waals surface area (Å²) in [6.07, 6.45) is 0.801. The minimum Gasteiger partial charge on any atom is -0.456 e. The highest BCUT2D eigenvalue weighted by molar-refractivity contribution is 7.80. The van der Waals surface area contributed by atoms with Crippen molar-refractivity contribution in [1.82, 2.24) is 9.80 Å². The van der Waals surface area contributed by atoms with Crippen molar-refractivity contribution in [2.45, 2.75) is 13.3 Å². The Hall–Kier alpha value is -1.40. The van der Waals surface area contributed by atoms with Gasteiger partial charge in [0, 0.05) is 39.1 Å². The second kappa shape index (κ2) is 6.16. The highest BCUT2D eigenvalue weighted by atomic mass is 32.1. The number of amides is 1. The summed E-state index contributed by atoms with van der Waals surface area (Å²) in [5.74, 6) is 1.24. The van der Waals surface area contributed by atoms with Crippen LogP contribution in [-0.2, 0) is 6.42 Å². The van der Waals surface area contributed by atoms with E-state index in [-0.39, 0.29) is 5.91 Å². The van der Waals surface area contributed by atoms with Crippen molar-refractivity contribution in [3.8, 4) is 0 Å². The van der Waals surface area contributed by atoms with Crippen molar-refractivity contribution < 1.29 is 9.21 Å². The topological polar surface area (TPSA) is 62.7 Å². The van der Waals surface area contributed by atoms with E-state index in [0.717, 1.165) is 25.3 Å². The number of aryl methyl sites for hydroxylation is 1. The Morgan fingerprint density at radius 1 is 1.37 bits per heavy atom. The van der Waals surface area contributed by atoms with Gasteiger partial charge in [-0.05, 0) is 12.1 Å². The molecule has 5 nitrogen and oxygen atoms in total. The smallest absolute Gasteiger partial charge is 0.289 e. The van der Waals surface area contributed by atoms with E-state index in [1.807, 2.05) is 17.9 Å². The number of carbonyl (C=O) groups excluding carboxylic acids is 1. The van der Waals surface area contributed by atoms with E-state index < -0.39 is 0 Å². The lowest BCUT2D eigenvalue weighted by Crippen LogP contribution is -2.50. The van der Waals surface area contributed by atoms with Gasteiger partial charge in [-0.3, -0.25) is 9.69 Å². The lowest BCUT2D eigenvalue weighted by Gasteiger charge is -2.33. The Labute approximate surface area is 118 Å². The molecule has 0 spiro atoms. The van der Waals surface area contributed by atoms with Gasteiger partial charge in [0.2, 0.25) is 0 Å². The molecule has 6 heteroatoms. The summed E-state index contributed by atoms with van der Waals surface area (Å²) in [5, 5.41) is 0. The molecule has 0 unspecified atom stereocenters. The van der Waals surface area contributed by atoms with Crippen molar-refractivity contribution in [2.75, 3.05) is 32.7 Å². The minimum atomic E-state index is -0.0327. The normalized spacial score (nSPS) is 16.6. The fraction of sp³-hybridized carbons (Fsp3) is 0.538. The highest BCUT2D eigenvalue weighted by Crippen LogP contribution is 2.13. The lowest BCUT2D eigenvalue weighted by atomic mass is 10.3. The van der Waals surface area contributed by atoms with Gasteiger partial charge in [0.25, 0.3) is 5.91 Å². The third-order valence-electron chi connectivity index (χ3n) is 3.26. The first kappa shape index (κ1) is 14.0. The second-order valence-corrected chi connectivity index (χ2v) is 5.18. The SMILES string of the molecule is CCc1ccc(C(=O)N2CCN(CC(N)=S)CC2)o1. The molecule has 0 aromatic carbocycles. The Bertz CT molecular complexity index is 464. The van der Waals surface area contributed by atoms with Gasteiger partial charge >= 0.3 is 0 Å². The quantitative estimate of drug-likeness (QED) is 0.830. The van der Waals surface area contributed by atoms with Crippen LogP contribution in [0.2, 0.25) is 0 Å². The molecule has 0 aliphatic carbocycles. The van der Waals surface area contributed by atoms with Crippen LogP contribution in [0.5, 0.6) is 0 Å². The van der Waals surface area contributed by atoms with Gasteiger partial charge in [-0.1, -0.05) is 19.1 Å². The average Bonchev–Trinajstić information content (AvgIpc) is 2.87. The molecule has 0 saturated carbocycles. The monoisotopic (exact) mass is 281 g/mol. The zero-order valence-electron chi connectivity index (χ0n) is 11.1. The molecule has 104 valence electrons. The summed E-state index contributed by atoms with van der Waals surface area (Å²) < 4.78 is 5.49. The first-order chi connectivity index (χ1) is 9.10. The van der Waals surface area contributed by atoms with E-state index in [2.05, 4.69) is 4.90 Å². The number of nitrogens with zero attached hydrogens (tertiary/aromatic N) is 2. The second-order valence-electron chi connectivity index (χ2n) is 4.65. The van der Waals surface area contributed by atoms with Crippen molar-refractivity contribution in [3.63, 3.8) is 0 Å². The molecule has 19 heavy (non-hydrogen) atoms. The molecule has 1 aromatic rings. The number of piperazine rings is 1. The number of furan rings is 1. The molecule has 2 rings (SSSR count). The molecule has 1 aliphatic rings.